The van der Waals surface area contributed by atoms with E-state index in [-0.39, 0.29) is 5.92 Å². The third-order valence-electron chi connectivity index (χ3n) is 5.16. The highest BCUT2D eigenvalue weighted by atomic mass is 16.5. The largest absolute Gasteiger partial charge is 0.388 e. The molecule has 4 atom stereocenters. The van der Waals surface area contributed by atoms with Crippen LogP contribution in [-0.2, 0) is 4.74 Å². The number of fused-ring (bicyclic) bond motifs is 1. The van der Waals surface area contributed by atoms with Crippen LogP contribution in [0.5, 0.6) is 0 Å². The third-order valence-corrected chi connectivity index (χ3v) is 5.16. The van der Waals surface area contributed by atoms with E-state index in [0.717, 1.165) is 12.8 Å². The summed E-state index contributed by atoms with van der Waals surface area (Å²) in [6.45, 7) is 5.24. The molecule has 0 radical (unpaired) electrons. The van der Waals surface area contributed by atoms with Crippen molar-refractivity contribution in [3.05, 3.63) is 0 Å². The van der Waals surface area contributed by atoms with Crippen molar-refractivity contribution in [1.29, 1.82) is 0 Å². The Hall–Kier alpha value is -0.520. The van der Waals surface area contributed by atoms with Crippen molar-refractivity contribution in [3.63, 3.8) is 0 Å². The molecule has 0 aromatic carbocycles. The summed E-state index contributed by atoms with van der Waals surface area (Å²) in [5.41, 5.74) is -0.311. The molecule has 0 aliphatic heterocycles. The summed E-state index contributed by atoms with van der Waals surface area (Å²) in [5, 5.41) is 11.0. The molecule has 2 aliphatic carbocycles. The summed E-state index contributed by atoms with van der Waals surface area (Å²) in [4.78, 5) is 0. The molecule has 0 aromatic heterocycles. The Kier molecular flexibility index (Phi) is 3.27. The predicted octanol–water partition coefficient (Wildman–Crippen LogP) is 2.46. The number of rotatable bonds is 3. The molecule has 1 N–H and O–H groups in total. The fraction of sp³-hybridized carbons (Fsp3) is 0.867. The van der Waals surface area contributed by atoms with Crippen LogP contribution in [0.1, 0.15) is 39.5 Å². The lowest BCUT2D eigenvalue weighted by Gasteiger charge is -2.62. The summed E-state index contributed by atoms with van der Waals surface area (Å²) >= 11 is 0. The minimum atomic E-state index is -0.691. The molecule has 0 bridgehead atoms. The van der Waals surface area contributed by atoms with Crippen LogP contribution in [0.15, 0.2) is 0 Å². The van der Waals surface area contributed by atoms with E-state index in [1.54, 1.807) is 7.11 Å². The maximum Gasteiger partial charge on any atom is 0.0837 e. The van der Waals surface area contributed by atoms with Crippen LogP contribution in [0.25, 0.3) is 0 Å². The summed E-state index contributed by atoms with van der Waals surface area (Å²) < 4.78 is 5.25. The van der Waals surface area contributed by atoms with Crippen LogP contribution in [0.4, 0.5) is 0 Å². The molecule has 0 spiro atoms. The molecule has 0 amide bonds. The first-order valence-electron chi connectivity index (χ1n) is 6.60. The highest BCUT2D eigenvalue weighted by Crippen LogP contribution is 2.62. The monoisotopic (exact) mass is 236 g/mol. The average molecular weight is 236 g/mol. The molecule has 2 rings (SSSR count). The zero-order chi connectivity index (χ0) is 12.7. The van der Waals surface area contributed by atoms with Crippen LogP contribution < -0.4 is 0 Å². The second kappa shape index (κ2) is 4.30. The number of terminal acetylenes is 1. The van der Waals surface area contributed by atoms with E-state index in [2.05, 4.69) is 19.8 Å². The van der Waals surface area contributed by atoms with E-state index in [0.29, 0.717) is 30.3 Å². The van der Waals surface area contributed by atoms with Gasteiger partial charge in [0.05, 0.1) is 12.2 Å². The van der Waals surface area contributed by atoms with E-state index in [4.69, 9.17) is 11.2 Å². The molecule has 2 saturated carbocycles. The lowest BCUT2D eigenvalue weighted by molar-refractivity contribution is -0.207. The fourth-order valence-electron chi connectivity index (χ4n) is 4.16. The number of hydrogen-bond acceptors (Lipinski definition) is 2. The normalized spacial score (nSPS) is 43.4. The smallest absolute Gasteiger partial charge is 0.0837 e. The summed E-state index contributed by atoms with van der Waals surface area (Å²) in [5.74, 6) is 3.89. The number of aliphatic hydroxyl groups is 1. The van der Waals surface area contributed by atoms with Crippen LogP contribution >= 0.6 is 0 Å². The van der Waals surface area contributed by atoms with Gasteiger partial charge in [0, 0.05) is 19.4 Å². The van der Waals surface area contributed by atoms with Crippen LogP contribution in [0, 0.1) is 35.5 Å². The number of ether oxygens (including phenoxy) is 1. The Morgan fingerprint density at radius 1 is 1.35 bits per heavy atom. The summed E-state index contributed by atoms with van der Waals surface area (Å²) in [7, 11) is 1.70. The van der Waals surface area contributed by atoms with Gasteiger partial charge in [0.2, 0.25) is 0 Å². The molecule has 2 nitrogen and oxygen atoms in total. The van der Waals surface area contributed by atoms with E-state index < -0.39 is 5.60 Å². The zero-order valence-corrected chi connectivity index (χ0v) is 11.2. The second-order valence-corrected chi connectivity index (χ2v) is 6.51. The number of hydrogen-bond donors (Lipinski definition) is 1. The van der Waals surface area contributed by atoms with Gasteiger partial charge in [-0.15, -0.1) is 12.3 Å². The Morgan fingerprint density at radius 2 is 2.06 bits per heavy atom. The molecule has 2 fully saturated rings. The number of methoxy groups -OCH3 is 1. The lowest BCUT2D eigenvalue weighted by Crippen LogP contribution is -2.62. The van der Waals surface area contributed by atoms with Crippen LogP contribution in [0.3, 0.4) is 0 Å². The molecule has 0 heterocycles. The van der Waals surface area contributed by atoms with E-state index >= 15 is 0 Å². The van der Waals surface area contributed by atoms with E-state index in [9.17, 15) is 5.11 Å². The Labute approximate surface area is 105 Å². The SMILES string of the molecule is C#CC[C@@]1(O)[C@@H](COC)CC[C@H]2[C@@H]1CC2(C)C. The molecule has 96 valence electrons. The van der Waals surface area contributed by atoms with Crippen molar-refractivity contribution in [1.82, 2.24) is 0 Å². The van der Waals surface area contributed by atoms with Crippen LogP contribution in [-0.4, -0.2) is 24.4 Å². The molecule has 17 heavy (non-hydrogen) atoms. The third kappa shape index (κ3) is 1.90. The summed E-state index contributed by atoms with van der Waals surface area (Å²) in [6.07, 6.45) is 9.26. The molecular formula is C15H24O2. The van der Waals surface area contributed by atoms with Crippen LogP contribution in [0.2, 0.25) is 0 Å². The molecule has 2 heteroatoms. The molecule has 0 unspecified atom stereocenters. The van der Waals surface area contributed by atoms with Gasteiger partial charge in [-0.3, -0.25) is 0 Å². The maximum atomic E-state index is 11.0. The van der Waals surface area contributed by atoms with Gasteiger partial charge in [0.1, 0.15) is 0 Å². The Balaban J connectivity index is 2.19. The zero-order valence-electron chi connectivity index (χ0n) is 11.2. The van der Waals surface area contributed by atoms with Gasteiger partial charge in [-0.05, 0) is 36.5 Å². The van der Waals surface area contributed by atoms with Gasteiger partial charge in [-0.25, -0.2) is 0 Å². The topological polar surface area (TPSA) is 29.5 Å². The summed E-state index contributed by atoms with van der Waals surface area (Å²) in [6, 6.07) is 0. The second-order valence-electron chi connectivity index (χ2n) is 6.51. The van der Waals surface area contributed by atoms with Crippen molar-refractivity contribution in [2.45, 2.75) is 45.1 Å². The van der Waals surface area contributed by atoms with E-state index in [1.807, 2.05) is 0 Å². The minimum absolute atomic E-state index is 0.209. The minimum Gasteiger partial charge on any atom is -0.388 e. The van der Waals surface area contributed by atoms with Crippen molar-refractivity contribution >= 4 is 0 Å². The first-order valence-corrected chi connectivity index (χ1v) is 6.60. The van der Waals surface area contributed by atoms with Gasteiger partial charge < -0.3 is 9.84 Å². The quantitative estimate of drug-likeness (QED) is 0.763. The molecule has 0 saturated heterocycles. The molecular weight excluding hydrogens is 212 g/mol. The fourth-order valence-corrected chi connectivity index (χ4v) is 4.16. The Morgan fingerprint density at radius 3 is 2.59 bits per heavy atom. The van der Waals surface area contributed by atoms with Gasteiger partial charge in [0.25, 0.3) is 0 Å². The lowest BCUT2D eigenvalue weighted by atomic mass is 9.44. The van der Waals surface area contributed by atoms with Crippen molar-refractivity contribution in [3.8, 4) is 12.3 Å². The Bertz CT molecular complexity index is 328. The maximum absolute atomic E-state index is 11.0. The first kappa shape index (κ1) is 12.9. The average Bonchev–Trinajstić information content (AvgIpc) is 2.24. The highest BCUT2D eigenvalue weighted by Gasteiger charge is 2.60. The van der Waals surface area contributed by atoms with E-state index in [1.165, 1.54) is 6.42 Å². The highest BCUT2D eigenvalue weighted by molar-refractivity contribution is 5.13. The van der Waals surface area contributed by atoms with Crippen molar-refractivity contribution in [2.24, 2.45) is 23.2 Å². The van der Waals surface area contributed by atoms with Gasteiger partial charge in [0.15, 0.2) is 0 Å². The van der Waals surface area contributed by atoms with Gasteiger partial charge >= 0.3 is 0 Å². The molecule has 2 aliphatic rings. The van der Waals surface area contributed by atoms with Gasteiger partial charge in [-0.2, -0.15) is 0 Å². The van der Waals surface area contributed by atoms with Crippen molar-refractivity contribution < 1.29 is 9.84 Å². The first-order chi connectivity index (χ1) is 7.95. The molecule has 0 aromatic rings. The van der Waals surface area contributed by atoms with Gasteiger partial charge in [-0.1, -0.05) is 13.8 Å². The standard InChI is InChI=1S/C15H24O2/c1-5-8-15(16)11(10-17-4)6-7-12-13(15)9-14(12,2)3/h1,11-13,16H,6-10H2,2-4H3/t11-,12+,13+,15-/m1/s1. The predicted molar refractivity (Wildman–Crippen MR) is 68.4 cm³/mol. The van der Waals surface area contributed by atoms with Crippen molar-refractivity contribution in [2.75, 3.05) is 13.7 Å².